The lowest BCUT2D eigenvalue weighted by atomic mass is 9.96. The third-order valence-corrected chi connectivity index (χ3v) is 4.33. The van der Waals surface area contributed by atoms with Crippen LogP contribution < -0.4 is 4.90 Å². The van der Waals surface area contributed by atoms with E-state index >= 15 is 0 Å². The topological polar surface area (TPSA) is 70.9 Å². The van der Waals surface area contributed by atoms with Gasteiger partial charge in [-0.1, -0.05) is 5.16 Å². The monoisotopic (exact) mass is 303 g/mol. The average molecular weight is 303 g/mol. The zero-order chi connectivity index (χ0) is 15.7. The summed E-state index contributed by atoms with van der Waals surface area (Å²) in [6.07, 6.45) is 4.82. The molecule has 22 heavy (non-hydrogen) atoms. The highest BCUT2D eigenvalue weighted by atomic mass is 16.7. The second-order valence-electron chi connectivity index (χ2n) is 6.22. The smallest absolute Gasteiger partial charge is 0.271 e. The molecule has 0 N–H and O–H groups in total. The molecule has 0 saturated carbocycles. The van der Waals surface area contributed by atoms with Gasteiger partial charge in [0.05, 0.1) is 6.54 Å². The van der Waals surface area contributed by atoms with Crippen molar-refractivity contribution < 1.29 is 9.63 Å². The SMILES string of the molecule is CC(C)N(C)C(=O)C1=NO[C@@]2(CCN(c3ncccn3)C2)C1. The Labute approximate surface area is 130 Å². The van der Waals surface area contributed by atoms with E-state index in [0.717, 1.165) is 13.0 Å². The predicted molar refractivity (Wildman–Crippen MR) is 82.6 cm³/mol. The van der Waals surface area contributed by atoms with Gasteiger partial charge >= 0.3 is 0 Å². The fraction of sp³-hybridized carbons (Fsp3) is 0.600. The van der Waals surface area contributed by atoms with Crippen molar-refractivity contribution in [3.05, 3.63) is 18.5 Å². The maximum Gasteiger partial charge on any atom is 0.271 e. The first-order valence-corrected chi connectivity index (χ1v) is 7.55. The highest BCUT2D eigenvalue weighted by Gasteiger charge is 2.47. The number of nitrogens with zero attached hydrogens (tertiary/aromatic N) is 5. The van der Waals surface area contributed by atoms with Gasteiger partial charge in [-0.15, -0.1) is 0 Å². The van der Waals surface area contributed by atoms with E-state index in [1.807, 2.05) is 13.8 Å². The molecule has 3 rings (SSSR count). The summed E-state index contributed by atoms with van der Waals surface area (Å²) in [5, 5.41) is 4.06. The normalized spacial score (nSPS) is 23.8. The van der Waals surface area contributed by atoms with Crippen LogP contribution >= 0.6 is 0 Å². The van der Waals surface area contributed by atoms with Gasteiger partial charge in [-0.25, -0.2) is 9.97 Å². The Morgan fingerprint density at radius 3 is 2.82 bits per heavy atom. The number of hydrogen-bond donors (Lipinski definition) is 0. The molecule has 7 nitrogen and oxygen atoms in total. The molecule has 2 aliphatic rings. The summed E-state index contributed by atoms with van der Waals surface area (Å²) in [5.41, 5.74) is 0.0918. The van der Waals surface area contributed by atoms with Crippen molar-refractivity contribution in [2.45, 2.75) is 38.3 Å². The largest absolute Gasteiger partial charge is 0.386 e. The molecule has 1 amide bonds. The number of carbonyl (C=O) groups is 1. The Bertz CT molecular complexity index is 589. The minimum Gasteiger partial charge on any atom is -0.386 e. The number of aromatic nitrogens is 2. The summed E-state index contributed by atoms with van der Waals surface area (Å²) in [5.74, 6) is 0.642. The number of rotatable bonds is 3. The van der Waals surface area contributed by atoms with Gasteiger partial charge in [-0.2, -0.15) is 0 Å². The van der Waals surface area contributed by atoms with E-state index in [-0.39, 0.29) is 11.9 Å². The van der Waals surface area contributed by atoms with Crippen LogP contribution in [0.3, 0.4) is 0 Å². The van der Waals surface area contributed by atoms with Crippen molar-refractivity contribution in [2.24, 2.45) is 5.16 Å². The van der Waals surface area contributed by atoms with E-state index in [0.29, 0.717) is 24.6 Å². The van der Waals surface area contributed by atoms with E-state index in [1.165, 1.54) is 0 Å². The van der Waals surface area contributed by atoms with E-state index < -0.39 is 5.60 Å². The maximum absolute atomic E-state index is 12.4. The fourth-order valence-electron chi connectivity index (χ4n) is 2.76. The van der Waals surface area contributed by atoms with Crippen LogP contribution in [0.1, 0.15) is 26.7 Å². The van der Waals surface area contributed by atoms with Gasteiger partial charge in [-0.3, -0.25) is 4.79 Å². The molecule has 1 aromatic heterocycles. The second-order valence-corrected chi connectivity index (χ2v) is 6.22. The lowest BCUT2D eigenvalue weighted by Crippen LogP contribution is -2.40. The standard InChI is InChI=1S/C15H21N5O2/c1-11(2)19(3)13(21)12-9-15(22-18-12)5-8-20(10-15)14-16-6-4-7-17-14/h4,6-7,11H,5,8-10H2,1-3H3/t15-/m0/s1. The van der Waals surface area contributed by atoms with Gasteiger partial charge in [0.2, 0.25) is 5.95 Å². The van der Waals surface area contributed by atoms with Crippen molar-refractivity contribution in [3.63, 3.8) is 0 Å². The first kappa shape index (κ1) is 14.7. The van der Waals surface area contributed by atoms with Crippen LogP contribution in [0.25, 0.3) is 0 Å². The molecule has 7 heteroatoms. The average Bonchev–Trinajstić information content (AvgIpc) is 3.14. The molecule has 1 atom stereocenters. The number of hydrogen-bond acceptors (Lipinski definition) is 6. The summed E-state index contributed by atoms with van der Waals surface area (Å²) in [6, 6.07) is 1.94. The van der Waals surface area contributed by atoms with Crippen LogP contribution in [0.5, 0.6) is 0 Å². The molecule has 2 aliphatic heterocycles. The van der Waals surface area contributed by atoms with Crippen molar-refractivity contribution in [2.75, 3.05) is 25.0 Å². The highest BCUT2D eigenvalue weighted by molar-refractivity contribution is 6.39. The Morgan fingerprint density at radius 1 is 1.41 bits per heavy atom. The third kappa shape index (κ3) is 2.63. The van der Waals surface area contributed by atoms with Gasteiger partial charge in [0.25, 0.3) is 5.91 Å². The Balaban J connectivity index is 1.66. The minimum absolute atomic E-state index is 0.0544. The van der Waals surface area contributed by atoms with Crippen LogP contribution in [-0.4, -0.2) is 58.3 Å². The Morgan fingerprint density at radius 2 is 2.14 bits per heavy atom. The predicted octanol–water partition coefficient (Wildman–Crippen LogP) is 1.07. The molecule has 1 fully saturated rings. The van der Waals surface area contributed by atoms with Crippen LogP contribution in [0.2, 0.25) is 0 Å². The molecule has 0 unspecified atom stereocenters. The number of oxime groups is 1. The fourth-order valence-corrected chi connectivity index (χ4v) is 2.76. The molecule has 118 valence electrons. The summed E-state index contributed by atoms with van der Waals surface area (Å²) >= 11 is 0. The van der Waals surface area contributed by atoms with Gasteiger partial charge in [0.15, 0.2) is 5.60 Å². The second kappa shape index (κ2) is 5.55. The zero-order valence-corrected chi connectivity index (χ0v) is 13.2. The van der Waals surface area contributed by atoms with Gasteiger partial charge in [0.1, 0.15) is 5.71 Å². The van der Waals surface area contributed by atoms with Gasteiger partial charge in [0, 0.05) is 44.9 Å². The highest BCUT2D eigenvalue weighted by Crippen LogP contribution is 2.35. The van der Waals surface area contributed by atoms with Crippen molar-refractivity contribution in [1.29, 1.82) is 0 Å². The number of anilines is 1. The minimum atomic E-state index is -0.415. The lowest BCUT2D eigenvalue weighted by Gasteiger charge is -2.23. The molecular formula is C15H21N5O2. The molecule has 0 bridgehead atoms. The molecule has 1 aromatic rings. The maximum atomic E-state index is 12.4. The summed E-state index contributed by atoms with van der Waals surface area (Å²) in [7, 11) is 1.79. The quantitative estimate of drug-likeness (QED) is 0.835. The molecule has 0 aliphatic carbocycles. The van der Waals surface area contributed by atoms with Crippen LogP contribution in [-0.2, 0) is 9.63 Å². The Hall–Kier alpha value is -2.18. The number of carbonyl (C=O) groups excluding carboxylic acids is 1. The Kier molecular flexibility index (Phi) is 3.72. The van der Waals surface area contributed by atoms with Gasteiger partial charge < -0.3 is 14.6 Å². The van der Waals surface area contributed by atoms with Gasteiger partial charge in [-0.05, 0) is 19.9 Å². The van der Waals surface area contributed by atoms with E-state index in [9.17, 15) is 4.79 Å². The number of amides is 1. The van der Waals surface area contributed by atoms with Crippen LogP contribution in [0.4, 0.5) is 5.95 Å². The third-order valence-electron chi connectivity index (χ3n) is 4.33. The van der Waals surface area contributed by atoms with E-state index in [2.05, 4.69) is 20.0 Å². The molecule has 0 aromatic carbocycles. The molecular weight excluding hydrogens is 282 g/mol. The summed E-state index contributed by atoms with van der Waals surface area (Å²) < 4.78 is 0. The molecule has 3 heterocycles. The molecule has 1 saturated heterocycles. The van der Waals surface area contributed by atoms with E-state index in [4.69, 9.17) is 4.84 Å². The van der Waals surface area contributed by atoms with Crippen LogP contribution in [0.15, 0.2) is 23.6 Å². The lowest BCUT2D eigenvalue weighted by molar-refractivity contribution is -0.124. The summed E-state index contributed by atoms with van der Waals surface area (Å²) in [4.78, 5) is 30.3. The first-order chi connectivity index (χ1) is 10.5. The van der Waals surface area contributed by atoms with Crippen LogP contribution in [0, 0.1) is 0 Å². The van der Waals surface area contributed by atoms with Crippen molar-refractivity contribution in [1.82, 2.24) is 14.9 Å². The first-order valence-electron chi connectivity index (χ1n) is 7.55. The van der Waals surface area contributed by atoms with Crippen molar-refractivity contribution >= 4 is 17.6 Å². The van der Waals surface area contributed by atoms with E-state index in [1.54, 1.807) is 30.4 Å². The molecule has 0 radical (unpaired) electrons. The molecule has 1 spiro atoms. The van der Waals surface area contributed by atoms with Crippen molar-refractivity contribution in [3.8, 4) is 0 Å². The zero-order valence-electron chi connectivity index (χ0n) is 13.2. The summed E-state index contributed by atoms with van der Waals surface area (Å²) in [6.45, 7) is 5.42.